The summed E-state index contributed by atoms with van der Waals surface area (Å²) in [6, 6.07) is 11.7. The third kappa shape index (κ3) is 2.86. The van der Waals surface area contributed by atoms with Crippen molar-refractivity contribution in [1.29, 1.82) is 0 Å². The summed E-state index contributed by atoms with van der Waals surface area (Å²) in [6.07, 6.45) is 7.20. The van der Waals surface area contributed by atoms with E-state index in [-0.39, 0.29) is 11.9 Å². The maximum Gasteiger partial charge on any atom is 0.256 e. The van der Waals surface area contributed by atoms with Gasteiger partial charge < -0.3 is 9.88 Å². The molecule has 4 aromatic rings. The molecule has 140 valence electrons. The van der Waals surface area contributed by atoms with Gasteiger partial charge in [0.15, 0.2) is 0 Å². The quantitative estimate of drug-likeness (QED) is 0.536. The molecule has 0 spiro atoms. The third-order valence-corrected chi connectivity index (χ3v) is 5.55. The summed E-state index contributed by atoms with van der Waals surface area (Å²) in [5.74, 6) is 0.0200. The molecule has 1 aliphatic heterocycles. The highest BCUT2D eigenvalue weighted by molar-refractivity contribution is 6.30. The molecular formula is C21H18ClN5O. The van der Waals surface area contributed by atoms with E-state index in [9.17, 15) is 4.79 Å². The lowest BCUT2D eigenvalue weighted by Crippen LogP contribution is -2.30. The van der Waals surface area contributed by atoms with Gasteiger partial charge in [0.05, 0.1) is 23.5 Å². The van der Waals surface area contributed by atoms with Crippen molar-refractivity contribution in [2.45, 2.75) is 18.9 Å². The average Bonchev–Trinajstić information content (AvgIpc) is 3.47. The summed E-state index contributed by atoms with van der Waals surface area (Å²) in [7, 11) is 0. The van der Waals surface area contributed by atoms with Gasteiger partial charge in [0.1, 0.15) is 5.65 Å². The van der Waals surface area contributed by atoms with E-state index in [1.54, 1.807) is 18.6 Å². The number of aromatic nitrogens is 4. The minimum absolute atomic E-state index is 0.0200. The molecule has 4 heterocycles. The van der Waals surface area contributed by atoms with E-state index in [1.165, 1.54) is 0 Å². The molecule has 5 rings (SSSR count). The zero-order valence-corrected chi connectivity index (χ0v) is 15.8. The molecule has 0 bridgehead atoms. The number of benzene rings is 1. The van der Waals surface area contributed by atoms with E-state index >= 15 is 0 Å². The highest BCUT2D eigenvalue weighted by atomic mass is 35.5. The molecule has 3 aromatic heterocycles. The number of halogens is 1. The van der Waals surface area contributed by atoms with Crippen LogP contribution < -0.4 is 0 Å². The number of amides is 1. The number of aromatic amines is 2. The fraction of sp³-hybridized carbons (Fsp3) is 0.190. The van der Waals surface area contributed by atoms with Crippen LogP contribution in [-0.2, 0) is 0 Å². The van der Waals surface area contributed by atoms with Crippen LogP contribution in [0.5, 0.6) is 0 Å². The second-order valence-electron chi connectivity index (χ2n) is 6.99. The maximum absolute atomic E-state index is 13.3. The molecule has 1 aliphatic rings. The Kier molecular flexibility index (Phi) is 4.13. The van der Waals surface area contributed by atoms with Gasteiger partial charge in [-0.15, -0.1) is 0 Å². The van der Waals surface area contributed by atoms with Crippen molar-refractivity contribution >= 4 is 28.5 Å². The number of rotatable bonds is 3. The molecule has 6 nitrogen and oxygen atoms in total. The Morgan fingerprint density at radius 1 is 1.21 bits per heavy atom. The van der Waals surface area contributed by atoms with Crippen LogP contribution in [0.3, 0.4) is 0 Å². The van der Waals surface area contributed by atoms with Crippen molar-refractivity contribution in [3.8, 4) is 11.3 Å². The summed E-state index contributed by atoms with van der Waals surface area (Å²) in [5.41, 5.74) is 4.14. The molecule has 7 heteroatoms. The Morgan fingerprint density at radius 3 is 2.96 bits per heavy atom. The molecule has 1 saturated heterocycles. The number of hydrogen-bond donors (Lipinski definition) is 2. The number of nitrogens with one attached hydrogen (secondary N) is 2. The van der Waals surface area contributed by atoms with Crippen molar-refractivity contribution < 1.29 is 4.79 Å². The maximum atomic E-state index is 13.3. The second kappa shape index (κ2) is 6.80. The van der Waals surface area contributed by atoms with Crippen LogP contribution in [0.25, 0.3) is 22.3 Å². The van der Waals surface area contributed by atoms with Crippen LogP contribution in [0.2, 0.25) is 5.02 Å². The molecule has 1 unspecified atom stereocenters. The van der Waals surface area contributed by atoms with E-state index in [1.807, 2.05) is 41.3 Å². The number of carbonyl (C=O) groups excluding carboxylic acids is 1. The van der Waals surface area contributed by atoms with Crippen molar-refractivity contribution in [3.63, 3.8) is 0 Å². The molecular weight excluding hydrogens is 374 g/mol. The summed E-state index contributed by atoms with van der Waals surface area (Å²) >= 11 is 6.16. The minimum atomic E-state index is 0.0200. The van der Waals surface area contributed by atoms with Gasteiger partial charge in [0.25, 0.3) is 5.91 Å². The topological polar surface area (TPSA) is 77.7 Å². The second-order valence-corrected chi connectivity index (χ2v) is 7.43. The first-order valence-corrected chi connectivity index (χ1v) is 9.62. The fourth-order valence-corrected chi connectivity index (χ4v) is 4.16. The Morgan fingerprint density at radius 2 is 2.14 bits per heavy atom. The van der Waals surface area contributed by atoms with E-state index < -0.39 is 0 Å². The standard InChI is InChI=1S/C21H18ClN5O/c22-15-4-1-3-13(9-15)19-5-2-8-27(19)21(28)17-12-23-20-16(17)6-7-18(26-20)14-10-24-25-11-14/h1,3-4,6-7,9-12,19H,2,5,8H2,(H,23,26)(H,24,25). The Bertz CT molecular complexity index is 1150. The molecule has 2 N–H and O–H groups in total. The lowest BCUT2D eigenvalue weighted by atomic mass is 10.0. The lowest BCUT2D eigenvalue weighted by molar-refractivity contribution is 0.0737. The number of nitrogens with zero attached hydrogens (tertiary/aromatic N) is 3. The highest BCUT2D eigenvalue weighted by Crippen LogP contribution is 2.35. The third-order valence-electron chi connectivity index (χ3n) is 5.31. The molecule has 1 atom stereocenters. The summed E-state index contributed by atoms with van der Waals surface area (Å²) in [5, 5.41) is 8.28. The van der Waals surface area contributed by atoms with Gasteiger partial charge in [-0.3, -0.25) is 9.89 Å². The van der Waals surface area contributed by atoms with Crippen molar-refractivity contribution in [3.05, 3.63) is 71.1 Å². The molecule has 0 radical (unpaired) electrons. The smallest absolute Gasteiger partial charge is 0.256 e. The van der Waals surface area contributed by atoms with Crippen LogP contribution in [0.15, 0.2) is 55.0 Å². The van der Waals surface area contributed by atoms with Gasteiger partial charge in [0.2, 0.25) is 0 Å². The van der Waals surface area contributed by atoms with Crippen LogP contribution in [0.4, 0.5) is 0 Å². The monoisotopic (exact) mass is 391 g/mol. The van der Waals surface area contributed by atoms with Gasteiger partial charge in [0, 0.05) is 34.9 Å². The van der Waals surface area contributed by atoms with Crippen LogP contribution in [0, 0.1) is 0 Å². The van der Waals surface area contributed by atoms with Gasteiger partial charge in [-0.1, -0.05) is 23.7 Å². The first kappa shape index (κ1) is 17.0. The van der Waals surface area contributed by atoms with Crippen LogP contribution >= 0.6 is 11.6 Å². The average molecular weight is 392 g/mol. The molecule has 1 amide bonds. The van der Waals surface area contributed by atoms with Crippen molar-refractivity contribution in [1.82, 2.24) is 25.1 Å². The van der Waals surface area contributed by atoms with E-state index in [0.717, 1.165) is 41.6 Å². The lowest BCUT2D eigenvalue weighted by Gasteiger charge is -2.25. The molecule has 0 saturated carbocycles. The first-order valence-electron chi connectivity index (χ1n) is 9.24. The van der Waals surface area contributed by atoms with Gasteiger partial charge in [-0.25, -0.2) is 4.98 Å². The Balaban J connectivity index is 1.48. The zero-order chi connectivity index (χ0) is 19.1. The van der Waals surface area contributed by atoms with Crippen molar-refractivity contribution in [2.24, 2.45) is 0 Å². The Labute approximate surface area is 166 Å². The van der Waals surface area contributed by atoms with Crippen LogP contribution in [-0.4, -0.2) is 37.5 Å². The first-order chi connectivity index (χ1) is 13.7. The van der Waals surface area contributed by atoms with Crippen molar-refractivity contribution in [2.75, 3.05) is 6.54 Å². The van der Waals surface area contributed by atoms with Gasteiger partial charge in [-0.05, 0) is 42.7 Å². The summed E-state index contributed by atoms with van der Waals surface area (Å²) in [6.45, 7) is 0.739. The summed E-state index contributed by atoms with van der Waals surface area (Å²) in [4.78, 5) is 23.1. The Hall–Kier alpha value is -3.12. The molecule has 0 aliphatic carbocycles. The van der Waals surface area contributed by atoms with Gasteiger partial charge in [-0.2, -0.15) is 5.10 Å². The minimum Gasteiger partial charge on any atom is -0.345 e. The SMILES string of the molecule is O=C(c1c[nH]c2nc(-c3cn[nH]c3)ccc12)N1CCCC1c1cccc(Cl)c1. The molecule has 28 heavy (non-hydrogen) atoms. The molecule has 1 aromatic carbocycles. The van der Waals surface area contributed by atoms with E-state index in [0.29, 0.717) is 16.2 Å². The van der Waals surface area contributed by atoms with Gasteiger partial charge >= 0.3 is 0 Å². The predicted octanol–water partition coefficient (Wildman–Crippen LogP) is 4.58. The normalized spacial score (nSPS) is 16.8. The largest absolute Gasteiger partial charge is 0.345 e. The fourth-order valence-electron chi connectivity index (χ4n) is 3.96. The van der Waals surface area contributed by atoms with E-state index in [4.69, 9.17) is 11.6 Å². The molecule has 1 fully saturated rings. The number of hydrogen-bond acceptors (Lipinski definition) is 3. The summed E-state index contributed by atoms with van der Waals surface area (Å²) < 4.78 is 0. The number of H-pyrrole nitrogens is 2. The van der Waals surface area contributed by atoms with Crippen LogP contribution in [0.1, 0.15) is 34.8 Å². The number of likely N-dealkylation sites (tertiary alicyclic amines) is 1. The number of carbonyl (C=O) groups is 1. The van der Waals surface area contributed by atoms with E-state index in [2.05, 4.69) is 20.2 Å². The predicted molar refractivity (Wildman–Crippen MR) is 108 cm³/mol. The zero-order valence-electron chi connectivity index (χ0n) is 15.0. The highest BCUT2D eigenvalue weighted by Gasteiger charge is 2.32. The number of pyridine rings is 1. The number of fused-ring (bicyclic) bond motifs is 1.